The molecule has 1 aromatic rings. The SMILES string of the molecule is C=CCNC(N)=NCC(c1ccc(OC)cc1)N1CCCCC1. The van der Waals surface area contributed by atoms with Crippen molar-refractivity contribution in [2.24, 2.45) is 10.7 Å². The molecule has 0 saturated carbocycles. The number of nitrogens with two attached hydrogens (primary N) is 1. The van der Waals surface area contributed by atoms with Gasteiger partial charge >= 0.3 is 0 Å². The zero-order valence-electron chi connectivity index (χ0n) is 14.0. The number of hydrogen-bond donors (Lipinski definition) is 2. The minimum atomic E-state index is 0.255. The second kappa shape index (κ2) is 9.20. The number of benzene rings is 1. The molecule has 1 unspecified atom stereocenters. The highest BCUT2D eigenvalue weighted by Gasteiger charge is 2.22. The Labute approximate surface area is 139 Å². The summed E-state index contributed by atoms with van der Waals surface area (Å²) in [6.07, 6.45) is 5.59. The van der Waals surface area contributed by atoms with E-state index in [9.17, 15) is 0 Å². The third-order valence-corrected chi connectivity index (χ3v) is 4.19. The van der Waals surface area contributed by atoms with Gasteiger partial charge in [0.05, 0.1) is 19.7 Å². The van der Waals surface area contributed by atoms with Gasteiger partial charge in [0.2, 0.25) is 0 Å². The summed E-state index contributed by atoms with van der Waals surface area (Å²) in [7, 11) is 1.69. The Morgan fingerprint density at radius 3 is 2.65 bits per heavy atom. The van der Waals surface area contributed by atoms with Crippen molar-refractivity contribution in [2.45, 2.75) is 25.3 Å². The molecular formula is C18H28N4O. The maximum atomic E-state index is 5.91. The molecule has 5 nitrogen and oxygen atoms in total. The molecule has 1 heterocycles. The highest BCUT2D eigenvalue weighted by molar-refractivity contribution is 5.77. The summed E-state index contributed by atoms with van der Waals surface area (Å²) >= 11 is 0. The number of methoxy groups -OCH3 is 1. The van der Waals surface area contributed by atoms with Gasteiger partial charge in [0.25, 0.3) is 0 Å². The van der Waals surface area contributed by atoms with Gasteiger partial charge in [0.1, 0.15) is 5.75 Å². The average Bonchev–Trinajstić information content (AvgIpc) is 2.61. The molecule has 0 aliphatic carbocycles. The minimum absolute atomic E-state index is 0.255. The standard InChI is InChI=1S/C18H28N4O/c1-3-11-20-18(19)21-14-17(22-12-5-4-6-13-22)15-7-9-16(23-2)10-8-15/h3,7-10,17H,1,4-6,11-14H2,2H3,(H3,19,20,21). The van der Waals surface area contributed by atoms with Gasteiger partial charge in [-0.2, -0.15) is 0 Å². The van der Waals surface area contributed by atoms with Crippen molar-refractivity contribution in [1.82, 2.24) is 10.2 Å². The van der Waals surface area contributed by atoms with Gasteiger partial charge in [-0.3, -0.25) is 9.89 Å². The van der Waals surface area contributed by atoms with E-state index in [0.29, 0.717) is 19.0 Å². The van der Waals surface area contributed by atoms with Crippen LogP contribution < -0.4 is 15.8 Å². The molecule has 0 spiro atoms. The van der Waals surface area contributed by atoms with Crippen LogP contribution in [0.25, 0.3) is 0 Å². The highest BCUT2D eigenvalue weighted by Crippen LogP contribution is 2.26. The molecular weight excluding hydrogens is 288 g/mol. The fourth-order valence-electron chi connectivity index (χ4n) is 2.91. The molecule has 126 valence electrons. The van der Waals surface area contributed by atoms with E-state index in [4.69, 9.17) is 10.5 Å². The first kappa shape index (κ1) is 17.3. The maximum absolute atomic E-state index is 5.91. The van der Waals surface area contributed by atoms with E-state index >= 15 is 0 Å². The fourth-order valence-corrected chi connectivity index (χ4v) is 2.91. The molecule has 1 fully saturated rings. The summed E-state index contributed by atoms with van der Waals surface area (Å²) in [5.74, 6) is 1.35. The Bertz CT molecular complexity index is 506. The van der Waals surface area contributed by atoms with Crippen LogP contribution in [-0.2, 0) is 0 Å². The number of aliphatic imine (C=N–C) groups is 1. The van der Waals surface area contributed by atoms with Crippen LogP contribution in [0.1, 0.15) is 30.9 Å². The molecule has 5 heteroatoms. The smallest absolute Gasteiger partial charge is 0.188 e. The molecule has 0 radical (unpaired) electrons. The van der Waals surface area contributed by atoms with Crippen LogP contribution in [0.4, 0.5) is 0 Å². The predicted molar refractivity (Wildman–Crippen MR) is 95.8 cm³/mol. The molecule has 1 atom stereocenters. The van der Waals surface area contributed by atoms with Gasteiger partial charge in [0.15, 0.2) is 5.96 Å². The van der Waals surface area contributed by atoms with Gasteiger partial charge < -0.3 is 15.8 Å². The Hall–Kier alpha value is -2.01. The van der Waals surface area contributed by atoms with Crippen molar-refractivity contribution in [1.29, 1.82) is 0 Å². The van der Waals surface area contributed by atoms with E-state index in [2.05, 4.69) is 33.9 Å². The molecule has 1 aliphatic heterocycles. The van der Waals surface area contributed by atoms with E-state index in [1.165, 1.54) is 24.8 Å². The van der Waals surface area contributed by atoms with E-state index < -0.39 is 0 Å². The van der Waals surface area contributed by atoms with Crippen molar-refractivity contribution >= 4 is 5.96 Å². The average molecular weight is 316 g/mol. The van der Waals surface area contributed by atoms with Gasteiger partial charge in [0, 0.05) is 6.54 Å². The highest BCUT2D eigenvalue weighted by atomic mass is 16.5. The topological polar surface area (TPSA) is 62.9 Å². The van der Waals surface area contributed by atoms with Gasteiger partial charge in [-0.05, 0) is 43.6 Å². The quantitative estimate of drug-likeness (QED) is 0.460. The first-order valence-corrected chi connectivity index (χ1v) is 8.27. The number of nitrogens with zero attached hydrogens (tertiary/aromatic N) is 2. The zero-order chi connectivity index (χ0) is 16.5. The number of hydrogen-bond acceptors (Lipinski definition) is 3. The molecule has 0 amide bonds. The minimum Gasteiger partial charge on any atom is -0.497 e. The summed E-state index contributed by atoms with van der Waals surface area (Å²) in [5.41, 5.74) is 7.17. The third-order valence-electron chi connectivity index (χ3n) is 4.19. The Morgan fingerprint density at radius 2 is 2.04 bits per heavy atom. The lowest BCUT2D eigenvalue weighted by molar-refractivity contribution is 0.168. The van der Waals surface area contributed by atoms with Crippen LogP contribution in [-0.4, -0.2) is 44.1 Å². The third kappa shape index (κ3) is 5.28. The normalized spacial score (nSPS) is 17.5. The first-order valence-electron chi connectivity index (χ1n) is 8.27. The van der Waals surface area contributed by atoms with Crippen LogP contribution in [0.5, 0.6) is 5.75 Å². The number of piperidine rings is 1. The Kier molecular flexibility index (Phi) is 6.94. The Balaban J connectivity index is 2.11. The molecule has 2 rings (SSSR count). The molecule has 0 aromatic heterocycles. The largest absolute Gasteiger partial charge is 0.497 e. The van der Waals surface area contributed by atoms with Crippen molar-refractivity contribution in [3.8, 4) is 5.75 Å². The van der Waals surface area contributed by atoms with Crippen LogP contribution in [0.2, 0.25) is 0 Å². The van der Waals surface area contributed by atoms with E-state index in [1.54, 1.807) is 13.2 Å². The summed E-state index contributed by atoms with van der Waals surface area (Å²) in [4.78, 5) is 7.03. The summed E-state index contributed by atoms with van der Waals surface area (Å²) in [6.45, 7) is 7.19. The number of nitrogens with one attached hydrogen (secondary N) is 1. The lowest BCUT2D eigenvalue weighted by Crippen LogP contribution is -2.37. The molecule has 1 aromatic carbocycles. The summed E-state index contributed by atoms with van der Waals surface area (Å²) in [6, 6.07) is 8.53. The van der Waals surface area contributed by atoms with Crippen molar-refractivity contribution in [2.75, 3.05) is 33.3 Å². The van der Waals surface area contributed by atoms with Gasteiger partial charge in [-0.1, -0.05) is 24.6 Å². The van der Waals surface area contributed by atoms with Crippen LogP contribution in [0.15, 0.2) is 41.9 Å². The monoisotopic (exact) mass is 316 g/mol. The second-order valence-electron chi connectivity index (χ2n) is 5.78. The zero-order valence-corrected chi connectivity index (χ0v) is 14.0. The van der Waals surface area contributed by atoms with E-state index in [1.807, 2.05) is 12.1 Å². The van der Waals surface area contributed by atoms with Gasteiger partial charge in [-0.25, -0.2) is 0 Å². The van der Waals surface area contributed by atoms with Crippen LogP contribution in [0.3, 0.4) is 0 Å². The molecule has 0 bridgehead atoms. The number of likely N-dealkylation sites (tertiary alicyclic amines) is 1. The van der Waals surface area contributed by atoms with E-state index in [0.717, 1.165) is 18.8 Å². The number of guanidine groups is 1. The second-order valence-corrected chi connectivity index (χ2v) is 5.78. The van der Waals surface area contributed by atoms with Crippen molar-refractivity contribution in [3.05, 3.63) is 42.5 Å². The summed E-state index contributed by atoms with van der Waals surface area (Å²) < 4.78 is 5.26. The summed E-state index contributed by atoms with van der Waals surface area (Å²) in [5, 5.41) is 3.03. The van der Waals surface area contributed by atoms with E-state index in [-0.39, 0.29) is 6.04 Å². The van der Waals surface area contributed by atoms with Crippen molar-refractivity contribution in [3.63, 3.8) is 0 Å². The first-order chi connectivity index (χ1) is 11.2. The number of ether oxygens (including phenoxy) is 1. The predicted octanol–water partition coefficient (Wildman–Crippen LogP) is 2.31. The fraction of sp³-hybridized carbons (Fsp3) is 0.500. The molecule has 1 saturated heterocycles. The molecule has 23 heavy (non-hydrogen) atoms. The maximum Gasteiger partial charge on any atom is 0.188 e. The molecule has 1 aliphatic rings. The lowest BCUT2D eigenvalue weighted by Gasteiger charge is -2.34. The molecule has 3 N–H and O–H groups in total. The van der Waals surface area contributed by atoms with Crippen LogP contribution >= 0.6 is 0 Å². The van der Waals surface area contributed by atoms with Crippen LogP contribution in [0, 0.1) is 0 Å². The van der Waals surface area contributed by atoms with Crippen molar-refractivity contribution < 1.29 is 4.74 Å². The number of rotatable bonds is 7. The Morgan fingerprint density at radius 1 is 1.35 bits per heavy atom. The lowest BCUT2D eigenvalue weighted by atomic mass is 10.0. The van der Waals surface area contributed by atoms with Gasteiger partial charge in [-0.15, -0.1) is 6.58 Å².